The Hall–Kier alpha value is -2.53. The molecule has 0 aliphatic carbocycles. The Balaban J connectivity index is 1.43. The summed E-state index contributed by atoms with van der Waals surface area (Å²) in [5.74, 6) is 1.42. The van der Waals surface area contributed by atoms with E-state index in [-0.39, 0.29) is 12.0 Å². The summed E-state index contributed by atoms with van der Waals surface area (Å²) >= 11 is 0. The second-order valence-electron chi connectivity index (χ2n) is 7.55. The molecule has 0 aromatic heterocycles. The molecule has 5 nitrogen and oxygen atoms in total. The van der Waals surface area contributed by atoms with Crippen LogP contribution in [0.1, 0.15) is 42.6 Å². The summed E-state index contributed by atoms with van der Waals surface area (Å²) in [5.41, 5.74) is 1.06. The lowest BCUT2D eigenvalue weighted by Gasteiger charge is -2.26. The number of benzene rings is 2. The molecule has 0 bridgehead atoms. The molecule has 27 heavy (non-hydrogen) atoms. The number of rotatable bonds is 7. The van der Waals surface area contributed by atoms with Gasteiger partial charge in [0.1, 0.15) is 12.7 Å². The first-order valence-corrected chi connectivity index (χ1v) is 9.39. The van der Waals surface area contributed by atoms with E-state index in [2.05, 4.69) is 5.32 Å². The van der Waals surface area contributed by atoms with Gasteiger partial charge in [-0.1, -0.05) is 24.3 Å². The second-order valence-corrected chi connectivity index (χ2v) is 7.55. The van der Waals surface area contributed by atoms with Crippen LogP contribution in [0.15, 0.2) is 48.5 Å². The van der Waals surface area contributed by atoms with Gasteiger partial charge in [0.05, 0.1) is 5.60 Å². The quantitative estimate of drug-likeness (QED) is 0.785. The topological polar surface area (TPSA) is 67.8 Å². The first-order chi connectivity index (χ1) is 12.9. The standard InChI is InChI=1S/C22H27NO4/c1-22(2,25)13-11-16-7-9-17(10-8-16)21(24)23-14-12-18-15-26-19-5-3-4-6-20(19)27-18/h3-10,18,25H,11-15H2,1-2H3,(H,23,24)/t18-/m0/s1. The van der Waals surface area contributed by atoms with Gasteiger partial charge in [-0.05, 0) is 56.5 Å². The van der Waals surface area contributed by atoms with E-state index in [0.29, 0.717) is 31.6 Å². The van der Waals surface area contributed by atoms with Gasteiger partial charge in [0, 0.05) is 18.5 Å². The van der Waals surface area contributed by atoms with Crippen LogP contribution in [0, 0.1) is 0 Å². The SMILES string of the molecule is CC(C)(O)CCc1ccc(C(=O)NCC[C@H]2COc3ccccc3O2)cc1. The van der Waals surface area contributed by atoms with Gasteiger partial charge in [0.2, 0.25) is 0 Å². The molecule has 2 aromatic rings. The van der Waals surface area contributed by atoms with E-state index in [0.717, 1.165) is 23.5 Å². The maximum absolute atomic E-state index is 12.3. The number of hydrogen-bond donors (Lipinski definition) is 2. The van der Waals surface area contributed by atoms with E-state index < -0.39 is 5.60 Å². The maximum atomic E-state index is 12.3. The van der Waals surface area contributed by atoms with Gasteiger partial charge in [-0.2, -0.15) is 0 Å². The largest absolute Gasteiger partial charge is 0.486 e. The number of aryl methyl sites for hydroxylation is 1. The molecule has 0 spiro atoms. The lowest BCUT2D eigenvalue weighted by Crippen LogP contribution is -2.34. The molecule has 1 atom stereocenters. The average molecular weight is 369 g/mol. The van der Waals surface area contributed by atoms with Crippen molar-refractivity contribution < 1.29 is 19.4 Å². The van der Waals surface area contributed by atoms with Crippen LogP contribution in [-0.2, 0) is 6.42 Å². The molecule has 0 unspecified atom stereocenters. The molecule has 1 aliphatic rings. The van der Waals surface area contributed by atoms with E-state index in [1.165, 1.54) is 0 Å². The van der Waals surface area contributed by atoms with Gasteiger partial charge in [0.25, 0.3) is 5.91 Å². The van der Waals surface area contributed by atoms with E-state index in [1.54, 1.807) is 13.8 Å². The van der Waals surface area contributed by atoms with Crippen molar-refractivity contribution in [2.24, 2.45) is 0 Å². The van der Waals surface area contributed by atoms with Crippen molar-refractivity contribution in [1.82, 2.24) is 5.32 Å². The van der Waals surface area contributed by atoms with Gasteiger partial charge in [-0.25, -0.2) is 0 Å². The van der Waals surface area contributed by atoms with Crippen LogP contribution in [0.5, 0.6) is 11.5 Å². The Morgan fingerprint density at radius 3 is 2.56 bits per heavy atom. The summed E-state index contributed by atoms with van der Waals surface area (Å²) in [5, 5.41) is 12.7. The minimum atomic E-state index is -0.679. The Morgan fingerprint density at radius 2 is 1.85 bits per heavy atom. The van der Waals surface area contributed by atoms with Crippen LogP contribution >= 0.6 is 0 Å². The third kappa shape index (κ3) is 5.73. The zero-order valence-corrected chi connectivity index (χ0v) is 15.9. The van der Waals surface area contributed by atoms with Crippen LogP contribution in [0.25, 0.3) is 0 Å². The minimum Gasteiger partial charge on any atom is -0.486 e. The fourth-order valence-corrected chi connectivity index (χ4v) is 2.93. The van der Waals surface area contributed by atoms with Crippen molar-refractivity contribution in [3.63, 3.8) is 0 Å². The second kappa shape index (κ2) is 8.44. The molecule has 2 aromatic carbocycles. The van der Waals surface area contributed by atoms with E-state index >= 15 is 0 Å². The number of fused-ring (bicyclic) bond motifs is 1. The number of carbonyl (C=O) groups excluding carboxylic acids is 1. The Bertz CT molecular complexity index is 765. The Labute approximate surface area is 160 Å². The normalized spacial score (nSPS) is 16.0. The van der Waals surface area contributed by atoms with Crippen LogP contribution in [0.4, 0.5) is 0 Å². The smallest absolute Gasteiger partial charge is 0.251 e. The maximum Gasteiger partial charge on any atom is 0.251 e. The summed E-state index contributed by atoms with van der Waals surface area (Å²) < 4.78 is 11.6. The first kappa shape index (κ1) is 19.2. The monoisotopic (exact) mass is 369 g/mol. The molecule has 1 heterocycles. The van der Waals surface area contributed by atoms with Crippen LogP contribution in [0.2, 0.25) is 0 Å². The molecule has 0 saturated carbocycles. The highest BCUT2D eigenvalue weighted by Gasteiger charge is 2.20. The molecular formula is C22H27NO4. The van der Waals surface area contributed by atoms with Crippen LogP contribution in [-0.4, -0.2) is 35.9 Å². The number of amides is 1. The zero-order valence-electron chi connectivity index (χ0n) is 15.9. The van der Waals surface area contributed by atoms with E-state index in [4.69, 9.17) is 9.47 Å². The van der Waals surface area contributed by atoms with Gasteiger partial charge in [-0.15, -0.1) is 0 Å². The van der Waals surface area contributed by atoms with Gasteiger partial charge in [-0.3, -0.25) is 4.79 Å². The van der Waals surface area contributed by atoms with Crippen molar-refractivity contribution in [3.8, 4) is 11.5 Å². The summed E-state index contributed by atoms with van der Waals surface area (Å²) in [6.45, 7) is 4.61. The third-order valence-corrected chi connectivity index (χ3v) is 4.56. The molecule has 144 valence electrons. The fraction of sp³-hybridized carbons (Fsp3) is 0.409. The highest BCUT2D eigenvalue weighted by molar-refractivity contribution is 5.94. The summed E-state index contributed by atoms with van der Waals surface area (Å²) in [6, 6.07) is 15.1. The summed E-state index contributed by atoms with van der Waals surface area (Å²) in [4.78, 5) is 12.3. The molecule has 3 rings (SSSR count). The van der Waals surface area contributed by atoms with Gasteiger partial charge >= 0.3 is 0 Å². The highest BCUT2D eigenvalue weighted by atomic mass is 16.6. The lowest BCUT2D eigenvalue weighted by molar-refractivity contribution is 0.0713. The molecular weight excluding hydrogens is 342 g/mol. The first-order valence-electron chi connectivity index (χ1n) is 9.39. The molecule has 2 N–H and O–H groups in total. The van der Waals surface area contributed by atoms with E-state index in [1.807, 2.05) is 48.5 Å². The van der Waals surface area contributed by atoms with Gasteiger partial charge < -0.3 is 19.9 Å². The number of hydrogen-bond acceptors (Lipinski definition) is 4. The van der Waals surface area contributed by atoms with Crippen molar-refractivity contribution in [3.05, 3.63) is 59.7 Å². The lowest BCUT2D eigenvalue weighted by atomic mass is 9.98. The van der Waals surface area contributed by atoms with Crippen molar-refractivity contribution in [2.45, 2.75) is 44.8 Å². The Morgan fingerprint density at radius 1 is 1.15 bits per heavy atom. The third-order valence-electron chi connectivity index (χ3n) is 4.56. The highest BCUT2D eigenvalue weighted by Crippen LogP contribution is 2.31. The predicted octanol–water partition coefficient (Wildman–Crippen LogP) is 3.35. The van der Waals surface area contributed by atoms with Crippen LogP contribution < -0.4 is 14.8 Å². The number of carbonyl (C=O) groups is 1. The molecule has 5 heteroatoms. The molecule has 1 aliphatic heterocycles. The molecule has 1 amide bonds. The number of ether oxygens (including phenoxy) is 2. The van der Waals surface area contributed by atoms with Crippen molar-refractivity contribution in [1.29, 1.82) is 0 Å². The number of nitrogens with one attached hydrogen (secondary N) is 1. The molecule has 0 radical (unpaired) electrons. The minimum absolute atomic E-state index is 0.0654. The number of para-hydroxylation sites is 2. The predicted molar refractivity (Wildman–Crippen MR) is 104 cm³/mol. The van der Waals surface area contributed by atoms with Crippen LogP contribution in [0.3, 0.4) is 0 Å². The van der Waals surface area contributed by atoms with Crippen molar-refractivity contribution >= 4 is 5.91 Å². The zero-order chi connectivity index (χ0) is 19.3. The summed E-state index contributed by atoms with van der Waals surface area (Å²) in [7, 11) is 0. The number of aliphatic hydroxyl groups is 1. The van der Waals surface area contributed by atoms with Crippen molar-refractivity contribution in [2.75, 3.05) is 13.2 Å². The fourth-order valence-electron chi connectivity index (χ4n) is 2.93. The van der Waals surface area contributed by atoms with E-state index in [9.17, 15) is 9.90 Å². The molecule has 0 fully saturated rings. The molecule has 0 saturated heterocycles. The summed E-state index contributed by atoms with van der Waals surface area (Å²) in [6.07, 6.45) is 2.09. The van der Waals surface area contributed by atoms with Gasteiger partial charge in [0.15, 0.2) is 11.5 Å². The average Bonchev–Trinajstić information content (AvgIpc) is 2.66. The Kier molecular flexibility index (Phi) is 6.01.